The van der Waals surface area contributed by atoms with Gasteiger partial charge in [0.1, 0.15) is 0 Å². The van der Waals surface area contributed by atoms with E-state index < -0.39 is 0 Å². The zero-order chi connectivity index (χ0) is 11.6. The molecule has 2 N–H and O–H groups in total. The maximum Gasteiger partial charge on any atom is 0.320 e. The molecule has 0 aliphatic carbocycles. The molecular formula is C11H23N3O. The first-order chi connectivity index (χ1) is 6.97. The normalized spacial score (nSPS) is 24.1. The van der Waals surface area contributed by atoms with Gasteiger partial charge in [-0.3, -0.25) is 0 Å². The molecule has 0 radical (unpaired) electrons. The molecule has 2 atom stereocenters. The summed E-state index contributed by atoms with van der Waals surface area (Å²) in [4.78, 5) is 15.6. The minimum atomic E-state index is 0.124. The molecule has 1 fully saturated rings. The Hall–Kier alpha value is -0.770. The van der Waals surface area contributed by atoms with E-state index in [9.17, 15) is 4.79 Å². The van der Waals surface area contributed by atoms with Crippen molar-refractivity contribution < 1.29 is 4.79 Å². The summed E-state index contributed by atoms with van der Waals surface area (Å²) in [5.74, 6) is 0.624. The lowest BCUT2D eigenvalue weighted by Gasteiger charge is -2.22. The van der Waals surface area contributed by atoms with Crippen LogP contribution < -0.4 is 5.73 Å². The minimum Gasteiger partial charge on any atom is -0.328 e. The van der Waals surface area contributed by atoms with Crippen molar-refractivity contribution in [3.8, 4) is 0 Å². The summed E-state index contributed by atoms with van der Waals surface area (Å²) >= 11 is 0. The molecule has 1 aliphatic heterocycles. The molecule has 2 unspecified atom stereocenters. The molecule has 0 aromatic heterocycles. The molecule has 1 heterocycles. The van der Waals surface area contributed by atoms with Crippen LogP contribution in [0.3, 0.4) is 0 Å². The summed E-state index contributed by atoms with van der Waals surface area (Å²) in [7, 11) is 1.89. The summed E-state index contributed by atoms with van der Waals surface area (Å²) in [5, 5.41) is 0. The molecule has 1 saturated heterocycles. The third-order valence-corrected chi connectivity index (χ3v) is 3.12. The molecule has 0 spiro atoms. The number of hydrogen-bond donors (Lipinski definition) is 1. The molecule has 4 heteroatoms. The zero-order valence-corrected chi connectivity index (χ0v) is 10.2. The van der Waals surface area contributed by atoms with E-state index in [0.29, 0.717) is 18.5 Å². The Morgan fingerprint density at radius 3 is 2.53 bits per heavy atom. The summed E-state index contributed by atoms with van der Waals surface area (Å²) in [6, 6.07) is 0.627. The van der Waals surface area contributed by atoms with Crippen LogP contribution in [0.15, 0.2) is 0 Å². The number of carbonyl (C=O) groups excluding carboxylic acids is 1. The second-order valence-electron chi connectivity index (χ2n) is 4.91. The van der Waals surface area contributed by atoms with Crippen molar-refractivity contribution >= 4 is 6.03 Å². The molecule has 0 aromatic carbocycles. The maximum absolute atomic E-state index is 11.9. The smallest absolute Gasteiger partial charge is 0.320 e. The van der Waals surface area contributed by atoms with Gasteiger partial charge in [-0.1, -0.05) is 13.8 Å². The highest BCUT2D eigenvalue weighted by molar-refractivity contribution is 5.77. The van der Waals surface area contributed by atoms with Gasteiger partial charge in [-0.2, -0.15) is 0 Å². The van der Waals surface area contributed by atoms with E-state index >= 15 is 0 Å². The molecule has 0 saturated carbocycles. The van der Waals surface area contributed by atoms with Gasteiger partial charge < -0.3 is 15.5 Å². The van der Waals surface area contributed by atoms with Crippen LogP contribution in [0.5, 0.6) is 0 Å². The van der Waals surface area contributed by atoms with Crippen molar-refractivity contribution in [3.05, 3.63) is 0 Å². The van der Waals surface area contributed by atoms with Gasteiger partial charge in [-0.25, -0.2) is 4.79 Å². The Labute approximate surface area is 92.4 Å². The standard InChI is InChI=1S/C11H23N3O/c1-8(2)5-10-7-14(9(3)6-12)11(15)13(10)4/h8-10H,5-7,12H2,1-4H3. The second-order valence-corrected chi connectivity index (χ2v) is 4.91. The number of amides is 2. The van der Waals surface area contributed by atoms with Crippen molar-refractivity contribution in [2.45, 2.75) is 39.3 Å². The van der Waals surface area contributed by atoms with Crippen LogP contribution in [0.25, 0.3) is 0 Å². The van der Waals surface area contributed by atoms with E-state index in [2.05, 4.69) is 13.8 Å². The lowest BCUT2D eigenvalue weighted by molar-refractivity contribution is 0.184. The Kier molecular flexibility index (Phi) is 3.97. The van der Waals surface area contributed by atoms with Gasteiger partial charge in [-0.05, 0) is 19.3 Å². The van der Waals surface area contributed by atoms with Crippen LogP contribution in [0.1, 0.15) is 27.2 Å². The fraction of sp³-hybridized carbons (Fsp3) is 0.909. The predicted octanol–water partition coefficient (Wildman–Crippen LogP) is 1.12. The van der Waals surface area contributed by atoms with Gasteiger partial charge >= 0.3 is 6.03 Å². The second kappa shape index (κ2) is 4.84. The average Bonchev–Trinajstić information content (AvgIpc) is 2.44. The molecule has 4 nitrogen and oxygen atoms in total. The summed E-state index contributed by atoms with van der Waals surface area (Å²) in [6.07, 6.45) is 1.07. The Balaban J connectivity index is 2.63. The summed E-state index contributed by atoms with van der Waals surface area (Å²) in [6.45, 7) is 7.74. The van der Waals surface area contributed by atoms with Gasteiger partial charge in [0.05, 0.1) is 6.04 Å². The SMILES string of the molecule is CC(C)CC1CN(C(C)CN)C(=O)N1C. The number of urea groups is 1. The van der Waals surface area contributed by atoms with Crippen LogP contribution in [-0.2, 0) is 0 Å². The van der Waals surface area contributed by atoms with Gasteiger partial charge in [-0.15, -0.1) is 0 Å². The number of rotatable bonds is 4. The summed E-state index contributed by atoms with van der Waals surface area (Å²) in [5.41, 5.74) is 5.59. The van der Waals surface area contributed by atoms with Crippen molar-refractivity contribution in [1.82, 2.24) is 9.80 Å². The summed E-state index contributed by atoms with van der Waals surface area (Å²) < 4.78 is 0. The van der Waals surface area contributed by atoms with E-state index in [4.69, 9.17) is 5.73 Å². The first kappa shape index (κ1) is 12.3. The fourth-order valence-electron chi connectivity index (χ4n) is 2.06. The number of likely N-dealkylation sites (N-methyl/N-ethyl adjacent to an activating group) is 1. The first-order valence-electron chi connectivity index (χ1n) is 5.70. The number of nitrogens with two attached hydrogens (primary N) is 1. The first-order valence-corrected chi connectivity index (χ1v) is 5.70. The highest BCUT2D eigenvalue weighted by atomic mass is 16.2. The molecule has 2 amide bonds. The van der Waals surface area contributed by atoms with E-state index in [1.807, 2.05) is 23.8 Å². The Morgan fingerprint density at radius 2 is 2.07 bits per heavy atom. The quantitative estimate of drug-likeness (QED) is 0.760. The van der Waals surface area contributed by atoms with Crippen molar-refractivity contribution in [2.75, 3.05) is 20.1 Å². The molecule has 15 heavy (non-hydrogen) atoms. The number of nitrogens with zero attached hydrogens (tertiary/aromatic N) is 2. The third kappa shape index (κ3) is 2.62. The molecule has 88 valence electrons. The van der Waals surface area contributed by atoms with Gasteiger partial charge in [0, 0.05) is 26.2 Å². The minimum absolute atomic E-state index is 0.124. The van der Waals surface area contributed by atoms with E-state index in [1.54, 1.807) is 0 Å². The average molecular weight is 213 g/mol. The zero-order valence-electron chi connectivity index (χ0n) is 10.2. The number of carbonyl (C=O) groups is 1. The van der Waals surface area contributed by atoms with Crippen LogP contribution in [0.4, 0.5) is 4.79 Å². The lowest BCUT2D eigenvalue weighted by Crippen LogP contribution is -2.40. The van der Waals surface area contributed by atoms with Crippen LogP contribution in [-0.4, -0.2) is 48.1 Å². The van der Waals surface area contributed by atoms with Gasteiger partial charge in [0.15, 0.2) is 0 Å². The highest BCUT2D eigenvalue weighted by Crippen LogP contribution is 2.21. The van der Waals surface area contributed by atoms with Gasteiger partial charge in [0.25, 0.3) is 0 Å². The third-order valence-electron chi connectivity index (χ3n) is 3.12. The van der Waals surface area contributed by atoms with Gasteiger partial charge in [0.2, 0.25) is 0 Å². The highest BCUT2D eigenvalue weighted by Gasteiger charge is 2.36. The predicted molar refractivity (Wildman–Crippen MR) is 61.6 cm³/mol. The van der Waals surface area contributed by atoms with E-state index in [0.717, 1.165) is 13.0 Å². The maximum atomic E-state index is 11.9. The van der Waals surface area contributed by atoms with Crippen LogP contribution in [0.2, 0.25) is 0 Å². The van der Waals surface area contributed by atoms with Crippen molar-refractivity contribution in [1.29, 1.82) is 0 Å². The lowest BCUT2D eigenvalue weighted by atomic mass is 10.0. The number of hydrogen-bond acceptors (Lipinski definition) is 2. The molecule has 1 rings (SSSR count). The van der Waals surface area contributed by atoms with Crippen molar-refractivity contribution in [2.24, 2.45) is 11.7 Å². The largest absolute Gasteiger partial charge is 0.328 e. The Morgan fingerprint density at radius 1 is 1.47 bits per heavy atom. The monoisotopic (exact) mass is 213 g/mol. The molecule has 1 aliphatic rings. The Bertz CT molecular complexity index is 230. The fourth-order valence-corrected chi connectivity index (χ4v) is 2.06. The molecule has 0 bridgehead atoms. The molecule has 0 aromatic rings. The van der Waals surface area contributed by atoms with E-state index in [1.165, 1.54) is 0 Å². The van der Waals surface area contributed by atoms with E-state index in [-0.39, 0.29) is 12.1 Å². The van der Waals surface area contributed by atoms with Crippen LogP contribution >= 0.6 is 0 Å². The van der Waals surface area contributed by atoms with Crippen LogP contribution in [0, 0.1) is 5.92 Å². The topological polar surface area (TPSA) is 49.6 Å². The molecular weight excluding hydrogens is 190 g/mol. The van der Waals surface area contributed by atoms with Crippen molar-refractivity contribution in [3.63, 3.8) is 0 Å².